The van der Waals surface area contributed by atoms with Crippen LogP contribution < -0.4 is 61.2 Å². The second-order valence-electron chi connectivity index (χ2n) is 3.46. The quantitative estimate of drug-likeness (QED) is 0.592. The number of nitrogens with zero attached hydrogens (tertiary/aromatic N) is 3. The minimum Gasteiger partial charge on any atom is -0.542 e. The van der Waals surface area contributed by atoms with Crippen LogP contribution in [0.25, 0.3) is 10.6 Å². The van der Waals surface area contributed by atoms with Gasteiger partial charge in [0.2, 0.25) is 5.88 Å². The third-order valence-corrected chi connectivity index (χ3v) is 2.93. The van der Waals surface area contributed by atoms with Gasteiger partial charge < -0.3 is 14.6 Å². The van der Waals surface area contributed by atoms with Crippen molar-refractivity contribution in [3.05, 3.63) is 23.6 Å². The Hall–Kier alpha value is -0.594. The molecule has 6 nitrogen and oxygen atoms in total. The van der Waals surface area contributed by atoms with Crippen molar-refractivity contribution >= 4 is 17.3 Å². The molecule has 2 rings (SSSR count). The van der Waals surface area contributed by atoms with Crippen molar-refractivity contribution < 1.29 is 79.2 Å². The number of halogens is 3. The summed E-state index contributed by atoms with van der Waals surface area (Å²) >= 11 is 0.773. The van der Waals surface area contributed by atoms with Crippen LogP contribution in [0.2, 0.25) is 0 Å². The normalized spacial score (nSPS) is 10.8. The van der Waals surface area contributed by atoms with Gasteiger partial charge in [-0.25, -0.2) is 9.97 Å². The Labute approximate surface area is 162 Å². The Bertz CT molecular complexity index is 635. The van der Waals surface area contributed by atoms with E-state index in [1.807, 2.05) is 0 Å². The zero-order chi connectivity index (χ0) is 14.8. The van der Waals surface area contributed by atoms with Gasteiger partial charge in [-0.05, 0) is 0 Å². The van der Waals surface area contributed by atoms with Crippen molar-refractivity contribution in [3.8, 4) is 16.5 Å². The zero-order valence-electron chi connectivity index (χ0n) is 10.5. The molecular weight excluding hydrogens is 338 g/mol. The zero-order valence-corrected chi connectivity index (χ0v) is 14.5. The van der Waals surface area contributed by atoms with Crippen LogP contribution in [0.5, 0.6) is 5.88 Å². The van der Waals surface area contributed by atoms with E-state index in [4.69, 9.17) is 0 Å². The first-order valence-electron chi connectivity index (χ1n) is 5.04. The summed E-state index contributed by atoms with van der Waals surface area (Å²) in [5, 5.41) is 10.3. The molecule has 0 N–H and O–H groups in total. The van der Waals surface area contributed by atoms with Crippen molar-refractivity contribution in [3.63, 3.8) is 0 Å². The van der Waals surface area contributed by atoms with Crippen molar-refractivity contribution in [1.29, 1.82) is 0 Å². The second kappa shape index (κ2) is 7.60. The van der Waals surface area contributed by atoms with E-state index in [2.05, 4.69) is 19.7 Å². The van der Waals surface area contributed by atoms with E-state index in [0.29, 0.717) is 4.88 Å². The van der Waals surface area contributed by atoms with Crippen LogP contribution >= 0.6 is 11.3 Å². The monoisotopic (exact) mass is 343 g/mol. The molecule has 11 heteroatoms. The molecule has 0 saturated heterocycles. The number of hydrogen-bond donors (Lipinski definition) is 0. The molecular formula is C10H5F3KN3O3S. The van der Waals surface area contributed by atoms with Gasteiger partial charge in [-0.3, -0.25) is 4.98 Å². The van der Waals surface area contributed by atoms with Gasteiger partial charge in [0.25, 0.3) is 0 Å². The van der Waals surface area contributed by atoms with Crippen LogP contribution in [0, 0.1) is 0 Å². The van der Waals surface area contributed by atoms with E-state index >= 15 is 0 Å². The van der Waals surface area contributed by atoms with Crippen LogP contribution in [-0.2, 0) is 0 Å². The molecule has 21 heavy (non-hydrogen) atoms. The number of rotatable bonds is 4. The minimum atomic E-state index is -4.48. The average molecular weight is 343 g/mol. The molecule has 0 aliphatic heterocycles. The van der Waals surface area contributed by atoms with E-state index in [1.165, 1.54) is 12.4 Å². The SMILES string of the molecule is O=C([O-])c1ncc(-c2cncc(OCC(F)(F)F)n2)s1.[K+]. The van der Waals surface area contributed by atoms with Crippen LogP contribution in [0.15, 0.2) is 18.6 Å². The number of aromatic nitrogens is 3. The Morgan fingerprint density at radius 3 is 2.62 bits per heavy atom. The van der Waals surface area contributed by atoms with E-state index in [9.17, 15) is 23.1 Å². The molecule has 0 unspecified atom stereocenters. The molecule has 2 aromatic heterocycles. The van der Waals surface area contributed by atoms with E-state index < -0.39 is 18.8 Å². The van der Waals surface area contributed by atoms with E-state index in [1.54, 1.807) is 0 Å². The van der Waals surface area contributed by atoms with Crippen molar-refractivity contribution in [2.24, 2.45) is 0 Å². The third kappa shape index (κ3) is 5.60. The van der Waals surface area contributed by atoms with Gasteiger partial charge in [0.1, 0.15) is 16.7 Å². The molecule has 0 spiro atoms. The summed E-state index contributed by atoms with van der Waals surface area (Å²) in [7, 11) is 0. The van der Waals surface area contributed by atoms with Crippen molar-refractivity contribution in [1.82, 2.24) is 15.0 Å². The maximum absolute atomic E-state index is 12.0. The molecule has 2 aromatic rings. The number of ether oxygens (including phenoxy) is 1. The first kappa shape index (κ1) is 18.5. The minimum absolute atomic E-state index is 0. The standard InChI is InChI=1S/C10H6F3N3O3S.K/c11-10(12,13)4-19-7-3-14-1-5(16-7)6-2-15-8(20-6)9(17)18;/h1-3H,4H2,(H,17,18);/q;+1/p-1. The maximum Gasteiger partial charge on any atom is 1.00 e. The summed E-state index contributed by atoms with van der Waals surface area (Å²) in [6, 6.07) is 0. The molecule has 0 aliphatic rings. The number of carboxylic acid groups (broad SMARTS) is 1. The fraction of sp³-hybridized carbons (Fsp3) is 0.200. The maximum atomic E-state index is 12.0. The number of carbonyl (C=O) groups excluding carboxylic acids is 1. The second-order valence-corrected chi connectivity index (χ2v) is 4.49. The number of aromatic carboxylic acids is 1. The molecule has 0 saturated carbocycles. The van der Waals surface area contributed by atoms with Gasteiger partial charge in [0.15, 0.2) is 6.61 Å². The summed E-state index contributed by atoms with van der Waals surface area (Å²) in [4.78, 5) is 21.9. The summed E-state index contributed by atoms with van der Waals surface area (Å²) in [5.74, 6) is -1.76. The first-order valence-corrected chi connectivity index (χ1v) is 5.86. The van der Waals surface area contributed by atoms with Gasteiger partial charge in [-0.1, -0.05) is 0 Å². The third-order valence-electron chi connectivity index (χ3n) is 1.93. The Kier molecular flexibility index (Phi) is 6.68. The summed E-state index contributed by atoms with van der Waals surface area (Å²) in [6.45, 7) is -1.49. The molecule has 0 amide bonds. The van der Waals surface area contributed by atoms with Crippen LogP contribution in [-0.4, -0.2) is 33.7 Å². The van der Waals surface area contributed by atoms with E-state index in [0.717, 1.165) is 17.5 Å². The number of carbonyl (C=O) groups is 1. The van der Waals surface area contributed by atoms with Crippen LogP contribution in [0.4, 0.5) is 13.2 Å². The average Bonchev–Trinajstić information content (AvgIpc) is 2.86. The van der Waals surface area contributed by atoms with E-state index in [-0.39, 0.29) is 68.0 Å². The molecule has 0 bridgehead atoms. The predicted molar refractivity (Wildman–Crippen MR) is 59.0 cm³/mol. The number of carboxylic acids is 1. The predicted octanol–water partition coefficient (Wildman–Crippen LogP) is -2.09. The van der Waals surface area contributed by atoms with Crippen molar-refractivity contribution in [2.75, 3.05) is 6.61 Å². The smallest absolute Gasteiger partial charge is 0.542 e. The van der Waals surface area contributed by atoms with Gasteiger partial charge in [-0.15, -0.1) is 11.3 Å². The number of hydrogen-bond acceptors (Lipinski definition) is 7. The molecule has 0 aliphatic carbocycles. The largest absolute Gasteiger partial charge is 1.00 e. The molecule has 0 aromatic carbocycles. The van der Waals surface area contributed by atoms with Crippen LogP contribution in [0.3, 0.4) is 0 Å². The molecule has 2 heterocycles. The first-order chi connectivity index (χ1) is 9.35. The number of alkyl halides is 3. The van der Waals surface area contributed by atoms with Gasteiger partial charge in [0, 0.05) is 6.20 Å². The Balaban J connectivity index is 0.00000220. The molecule has 106 valence electrons. The van der Waals surface area contributed by atoms with Crippen LogP contribution in [0.1, 0.15) is 9.80 Å². The summed E-state index contributed by atoms with van der Waals surface area (Å²) < 4.78 is 40.5. The number of thiazole rings is 1. The summed E-state index contributed by atoms with van der Waals surface area (Å²) in [5.41, 5.74) is 0.162. The van der Waals surface area contributed by atoms with Gasteiger partial charge in [0.05, 0.1) is 17.3 Å². The molecule has 0 radical (unpaired) electrons. The van der Waals surface area contributed by atoms with Gasteiger partial charge in [-0.2, -0.15) is 13.2 Å². The summed E-state index contributed by atoms with van der Waals surface area (Å²) in [6.07, 6.45) is -0.985. The fourth-order valence-electron chi connectivity index (χ4n) is 1.18. The molecule has 0 fully saturated rings. The molecule has 0 atom stereocenters. The Morgan fingerprint density at radius 1 is 1.33 bits per heavy atom. The van der Waals surface area contributed by atoms with Gasteiger partial charge >= 0.3 is 57.6 Å². The topological polar surface area (TPSA) is 88.0 Å². The Morgan fingerprint density at radius 2 is 2.05 bits per heavy atom. The van der Waals surface area contributed by atoms with Crippen molar-refractivity contribution in [2.45, 2.75) is 6.18 Å². The fourth-order valence-corrected chi connectivity index (χ4v) is 1.88.